The minimum absolute atomic E-state index is 0.114. The molecule has 0 unspecified atom stereocenters. The van der Waals surface area contributed by atoms with Crippen LogP contribution in [0.4, 0.5) is 0 Å². The van der Waals surface area contributed by atoms with Gasteiger partial charge in [-0.25, -0.2) is 0 Å². The van der Waals surface area contributed by atoms with Crippen molar-refractivity contribution in [3.63, 3.8) is 0 Å². The number of carbonyl (C=O) groups excluding carboxylic acids is 3. The van der Waals surface area contributed by atoms with Gasteiger partial charge in [0.1, 0.15) is 11.7 Å². The third-order valence-corrected chi connectivity index (χ3v) is 9.54. The number of aliphatic hydroxyl groups is 3. The summed E-state index contributed by atoms with van der Waals surface area (Å²) in [6, 6.07) is 0. The molecule has 2 saturated carbocycles. The molecule has 8 heteroatoms. The van der Waals surface area contributed by atoms with Crippen molar-refractivity contribution in [1.82, 2.24) is 0 Å². The Morgan fingerprint density at radius 3 is 2.40 bits per heavy atom. The van der Waals surface area contributed by atoms with Crippen molar-refractivity contribution < 1.29 is 39.2 Å². The van der Waals surface area contributed by atoms with Gasteiger partial charge in [-0.05, 0) is 24.5 Å². The standard InChI is InChI=1S/C27H38O8/c1-8-13(2)23(31)35-27-20(24(27,6)7)18-10-17(12-28)11-25(32)19(9-14(3)21(25)30)26(18,33)15(4)22(27)34-16(5)29/h9-10,13,15,18-20,22,28,32-33H,8,11-12H2,1-7H3/t13-,15+,18-,19-,20+,22-,25-,26-,27-/m0/s1. The first-order valence-corrected chi connectivity index (χ1v) is 12.5. The lowest BCUT2D eigenvalue weighted by molar-refractivity contribution is -0.229. The molecule has 0 aromatic rings. The van der Waals surface area contributed by atoms with E-state index in [1.54, 1.807) is 32.9 Å². The quantitative estimate of drug-likeness (QED) is 0.395. The van der Waals surface area contributed by atoms with E-state index in [0.717, 1.165) is 0 Å². The van der Waals surface area contributed by atoms with Crippen molar-refractivity contribution in [1.29, 1.82) is 0 Å². The van der Waals surface area contributed by atoms with Crippen LogP contribution >= 0.6 is 0 Å². The summed E-state index contributed by atoms with van der Waals surface area (Å²) in [5, 5.41) is 34.3. The number of esters is 2. The van der Waals surface area contributed by atoms with Gasteiger partial charge < -0.3 is 24.8 Å². The molecular weight excluding hydrogens is 452 g/mol. The molecule has 35 heavy (non-hydrogen) atoms. The van der Waals surface area contributed by atoms with Gasteiger partial charge in [-0.3, -0.25) is 14.4 Å². The Bertz CT molecular complexity index is 1030. The van der Waals surface area contributed by atoms with E-state index in [9.17, 15) is 29.7 Å². The summed E-state index contributed by atoms with van der Waals surface area (Å²) in [6.45, 7) is 11.7. The molecule has 0 aromatic heterocycles. The molecule has 9 atom stereocenters. The number of ketones is 1. The molecule has 8 nitrogen and oxygen atoms in total. The number of rotatable bonds is 5. The largest absolute Gasteiger partial charge is 0.458 e. The van der Waals surface area contributed by atoms with Gasteiger partial charge >= 0.3 is 11.9 Å². The van der Waals surface area contributed by atoms with Gasteiger partial charge in [0, 0.05) is 42.4 Å². The third kappa shape index (κ3) is 3.18. The maximum absolute atomic E-state index is 13.1. The molecule has 0 spiro atoms. The van der Waals surface area contributed by atoms with Crippen LogP contribution in [0.5, 0.6) is 0 Å². The van der Waals surface area contributed by atoms with E-state index < -0.39 is 69.7 Å². The van der Waals surface area contributed by atoms with E-state index in [-0.39, 0.29) is 18.9 Å². The predicted octanol–water partition coefficient (Wildman–Crippen LogP) is 2.10. The van der Waals surface area contributed by atoms with Gasteiger partial charge in [0.2, 0.25) is 0 Å². The highest BCUT2D eigenvalue weighted by Crippen LogP contribution is 2.77. The minimum Gasteiger partial charge on any atom is -0.458 e. The van der Waals surface area contributed by atoms with Crippen LogP contribution < -0.4 is 0 Å². The van der Waals surface area contributed by atoms with Crippen LogP contribution in [0.15, 0.2) is 23.3 Å². The first-order valence-electron chi connectivity index (χ1n) is 12.5. The zero-order valence-electron chi connectivity index (χ0n) is 21.6. The van der Waals surface area contributed by atoms with E-state index in [1.807, 2.05) is 20.8 Å². The van der Waals surface area contributed by atoms with Gasteiger partial charge in [-0.15, -0.1) is 0 Å². The molecule has 4 aliphatic carbocycles. The fourth-order valence-electron chi connectivity index (χ4n) is 7.44. The molecule has 0 bridgehead atoms. The van der Waals surface area contributed by atoms with Crippen LogP contribution in [0, 0.1) is 35.0 Å². The van der Waals surface area contributed by atoms with Crippen molar-refractivity contribution in [2.24, 2.45) is 35.0 Å². The van der Waals surface area contributed by atoms with E-state index >= 15 is 0 Å². The molecule has 4 rings (SSSR count). The molecule has 0 heterocycles. The number of hydrogen-bond acceptors (Lipinski definition) is 8. The average molecular weight is 491 g/mol. The molecule has 0 saturated heterocycles. The summed E-state index contributed by atoms with van der Waals surface area (Å²) in [6.07, 6.45) is 2.83. The van der Waals surface area contributed by atoms with Gasteiger partial charge in [0.25, 0.3) is 0 Å². The molecular formula is C27H38O8. The van der Waals surface area contributed by atoms with Crippen LogP contribution in [0.1, 0.15) is 61.3 Å². The second kappa shape index (κ2) is 7.98. The summed E-state index contributed by atoms with van der Waals surface area (Å²) >= 11 is 0. The fourth-order valence-corrected chi connectivity index (χ4v) is 7.44. The van der Waals surface area contributed by atoms with Crippen LogP contribution in [0.2, 0.25) is 0 Å². The number of fused-ring (bicyclic) bond motifs is 5. The molecule has 0 aromatic carbocycles. The van der Waals surface area contributed by atoms with Crippen molar-refractivity contribution in [3.8, 4) is 0 Å². The van der Waals surface area contributed by atoms with E-state index in [0.29, 0.717) is 17.6 Å². The smallest absolute Gasteiger partial charge is 0.309 e. The topological polar surface area (TPSA) is 130 Å². The maximum Gasteiger partial charge on any atom is 0.309 e. The van der Waals surface area contributed by atoms with Crippen LogP contribution in [-0.4, -0.2) is 62.6 Å². The highest BCUT2D eigenvalue weighted by atomic mass is 16.6. The lowest BCUT2D eigenvalue weighted by Gasteiger charge is -2.53. The van der Waals surface area contributed by atoms with E-state index in [4.69, 9.17) is 9.47 Å². The first kappa shape index (κ1) is 26.0. The predicted molar refractivity (Wildman–Crippen MR) is 126 cm³/mol. The van der Waals surface area contributed by atoms with Gasteiger partial charge in [-0.2, -0.15) is 0 Å². The minimum atomic E-state index is -1.93. The van der Waals surface area contributed by atoms with Crippen LogP contribution in [-0.2, 0) is 23.9 Å². The second-order valence-electron chi connectivity index (χ2n) is 11.7. The van der Waals surface area contributed by atoms with E-state index in [2.05, 4.69) is 0 Å². The number of carbonyl (C=O) groups is 3. The summed E-state index contributed by atoms with van der Waals surface area (Å²) in [5.74, 6) is -4.75. The van der Waals surface area contributed by atoms with Crippen molar-refractivity contribution in [2.75, 3.05) is 6.61 Å². The highest BCUT2D eigenvalue weighted by Gasteiger charge is 2.88. The molecule has 0 radical (unpaired) electrons. The number of hydrogen-bond donors (Lipinski definition) is 3. The lowest BCUT2D eigenvalue weighted by atomic mass is 9.59. The molecule has 3 N–H and O–H groups in total. The Morgan fingerprint density at radius 1 is 1.23 bits per heavy atom. The van der Waals surface area contributed by atoms with Crippen molar-refractivity contribution in [3.05, 3.63) is 23.3 Å². The number of ether oxygens (including phenoxy) is 2. The zero-order valence-corrected chi connectivity index (χ0v) is 21.6. The van der Waals surface area contributed by atoms with Crippen LogP contribution in [0.25, 0.3) is 0 Å². The molecule has 0 aliphatic heterocycles. The van der Waals surface area contributed by atoms with Crippen LogP contribution in [0.3, 0.4) is 0 Å². The molecule has 194 valence electrons. The summed E-state index contributed by atoms with van der Waals surface area (Å²) in [5.41, 5.74) is -4.74. The Labute approximate surface area is 206 Å². The normalized spacial score (nSPS) is 44.1. The van der Waals surface area contributed by atoms with E-state index in [1.165, 1.54) is 6.92 Å². The Hall–Kier alpha value is -2.03. The number of Topliss-reactive ketones (excluding diaryl/α,β-unsaturated/α-hetero) is 1. The molecule has 4 aliphatic rings. The fraction of sp³-hybridized carbons (Fsp3) is 0.741. The maximum atomic E-state index is 13.1. The third-order valence-electron chi connectivity index (χ3n) is 9.54. The molecule has 0 amide bonds. The SMILES string of the molecule is CC[C@H](C)C(=O)O[C@@]12[C@H]([C@@H]3C=C(CO)C[C@@]4(O)C(=O)C(C)=C[C@@H]4[C@]3(O)[C@H](C)[C@@H]1OC(C)=O)C2(C)C. The molecule has 2 fully saturated rings. The first-order chi connectivity index (χ1) is 16.1. The summed E-state index contributed by atoms with van der Waals surface area (Å²) in [4.78, 5) is 38.4. The van der Waals surface area contributed by atoms with Gasteiger partial charge in [-0.1, -0.05) is 46.8 Å². The monoisotopic (exact) mass is 490 g/mol. The highest BCUT2D eigenvalue weighted by molar-refractivity contribution is 6.04. The van der Waals surface area contributed by atoms with Crippen molar-refractivity contribution >= 4 is 17.7 Å². The van der Waals surface area contributed by atoms with Crippen molar-refractivity contribution in [2.45, 2.75) is 84.2 Å². The Morgan fingerprint density at radius 2 is 1.86 bits per heavy atom. The zero-order chi connectivity index (χ0) is 26.3. The number of aliphatic hydroxyl groups excluding tert-OH is 1. The van der Waals surface area contributed by atoms with Gasteiger partial charge in [0.05, 0.1) is 18.1 Å². The second-order valence-corrected chi connectivity index (χ2v) is 11.7. The van der Waals surface area contributed by atoms with Gasteiger partial charge in [0.15, 0.2) is 11.4 Å². The Kier molecular flexibility index (Phi) is 5.94. The lowest BCUT2D eigenvalue weighted by Crippen LogP contribution is -2.66. The summed E-state index contributed by atoms with van der Waals surface area (Å²) < 4.78 is 12.0. The Balaban J connectivity index is 1.94. The summed E-state index contributed by atoms with van der Waals surface area (Å²) in [7, 11) is 0. The average Bonchev–Trinajstić information content (AvgIpc) is 3.21.